The van der Waals surface area contributed by atoms with Crippen LogP contribution in [0.4, 0.5) is 5.69 Å². The minimum absolute atomic E-state index is 0.131. The van der Waals surface area contributed by atoms with Gasteiger partial charge < -0.3 is 14.5 Å². The first-order valence-electron chi connectivity index (χ1n) is 10.4. The maximum atomic E-state index is 12.7. The van der Waals surface area contributed by atoms with E-state index in [-0.39, 0.29) is 5.91 Å². The van der Waals surface area contributed by atoms with Crippen LogP contribution in [0.2, 0.25) is 0 Å². The smallest absolute Gasteiger partial charge is 0.255 e. The highest BCUT2D eigenvalue weighted by atomic mass is 16.1. The molecule has 150 valence electrons. The lowest BCUT2D eigenvalue weighted by atomic mass is 10.1. The highest BCUT2D eigenvalue weighted by molar-refractivity contribution is 6.04. The van der Waals surface area contributed by atoms with Gasteiger partial charge in [0.15, 0.2) is 5.82 Å². The summed E-state index contributed by atoms with van der Waals surface area (Å²) in [6.45, 7) is 0.966. The Bertz CT molecular complexity index is 1160. The number of rotatable bonds is 4. The van der Waals surface area contributed by atoms with E-state index in [4.69, 9.17) is 0 Å². The van der Waals surface area contributed by atoms with Crippen LogP contribution in [-0.4, -0.2) is 25.2 Å². The molecular formula is C24H23N5O. The van der Waals surface area contributed by atoms with Gasteiger partial charge in [0, 0.05) is 47.9 Å². The normalized spacial score (nSPS) is 13.5. The second-order valence-corrected chi connectivity index (χ2v) is 7.57. The molecule has 0 spiro atoms. The van der Waals surface area contributed by atoms with Crippen molar-refractivity contribution in [2.75, 3.05) is 5.32 Å². The van der Waals surface area contributed by atoms with Gasteiger partial charge in [0.2, 0.25) is 0 Å². The Morgan fingerprint density at radius 1 is 0.900 bits per heavy atom. The number of nitrogens with one attached hydrogen (secondary N) is 1. The summed E-state index contributed by atoms with van der Waals surface area (Å²) in [5.41, 5.74) is 3.34. The molecule has 30 heavy (non-hydrogen) atoms. The Morgan fingerprint density at radius 2 is 1.73 bits per heavy atom. The van der Waals surface area contributed by atoms with Gasteiger partial charge in [-0.15, -0.1) is 10.2 Å². The third kappa shape index (κ3) is 3.64. The van der Waals surface area contributed by atoms with Gasteiger partial charge in [0.25, 0.3) is 5.91 Å². The average Bonchev–Trinajstić information content (AvgIpc) is 3.40. The molecule has 2 aromatic heterocycles. The number of benzene rings is 2. The van der Waals surface area contributed by atoms with Gasteiger partial charge in [0.05, 0.1) is 0 Å². The van der Waals surface area contributed by atoms with Crippen LogP contribution in [-0.2, 0) is 13.0 Å². The van der Waals surface area contributed by atoms with Crippen molar-refractivity contribution in [2.24, 2.45) is 0 Å². The lowest BCUT2D eigenvalue weighted by molar-refractivity contribution is 0.102. The zero-order valence-electron chi connectivity index (χ0n) is 16.7. The van der Waals surface area contributed by atoms with Crippen LogP contribution < -0.4 is 5.32 Å². The molecule has 0 bridgehead atoms. The zero-order chi connectivity index (χ0) is 20.3. The molecule has 0 unspecified atom stereocenters. The minimum Gasteiger partial charge on any atom is -0.324 e. The predicted octanol–water partition coefficient (Wildman–Crippen LogP) is 4.71. The van der Waals surface area contributed by atoms with Gasteiger partial charge in [-0.1, -0.05) is 12.5 Å². The van der Waals surface area contributed by atoms with Crippen molar-refractivity contribution in [2.45, 2.75) is 32.2 Å². The van der Waals surface area contributed by atoms with Gasteiger partial charge in [-0.25, -0.2) is 0 Å². The standard InChI is InChI=1S/C24H23N5O/c30-24(19-7-6-8-21(17-19)28-14-4-5-15-28)25-20-12-10-18(11-13-20)23-27-26-22-9-2-1-3-16-29(22)23/h4-8,10-15,17H,1-3,9,16H2,(H,25,30). The van der Waals surface area contributed by atoms with Gasteiger partial charge in [-0.05, 0) is 67.4 Å². The lowest BCUT2D eigenvalue weighted by Gasteiger charge is -2.10. The molecule has 2 aromatic carbocycles. The van der Waals surface area contributed by atoms with Crippen molar-refractivity contribution in [3.63, 3.8) is 0 Å². The first kappa shape index (κ1) is 18.4. The van der Waals surface area contributed by atoms with Crippen LogP contribution in [0.5, 0.6) is 0 Å². The van der Waals surface area contributed by atoms with Crippen LogP contribution in [0.3, 0.4) is 0 Å². The maximum Gasteiger partial charge on any atom is 0.255 e. The molecule has 1 aliphatic rings. The van der Waals surface area contributed by atoms with Crippen LogP contribution in [0, 0.1) is 0 Å². The Morgan fingerprint density at radius 3 is 2.57 bits per heavy atom. The van der Waals surface area contributed by atoms with Crippen molar-refractivity contribution in [3.05, 3.63) is 84.4 Å². The Labute approximate surface area is 175 Å². The monoisotopic (exact) mass is 397 g/mol. The van der Waals surface area contributed by atoms with Gasteiger partial charge in [-0.2, -0.15) is 0 Å². The number of anilines is 1. The molecule has 0 saturated carbocycles. The molecule has 1 N–H and O–H groups in total. The van der Waals surface area contributed by atoms with Crippen LogP contribution >= 0.6 is 0 Å². The summed E-state index contributed by atoms with van der Waals surface area (Å²) in [7, 11) is 0. The van der Waals surface area contributed by atoms with E-state index in [0.717, 1.165) is 48.0 Å². The summed E-state index contributed by atoms with van der Waals surface area (Å²) in [6.07, 6.45) is 8.48. The van der Waals surface area contributed by atoms with Crippen molar-refractivity contribution < 1.29 is 4.79 Å². The number of nitrogens with zero attached hydrogens (tertiary/aromatic N) is 4. The average molecular weight is 397 g/mol. The quantitative estimate of drug-likeness (QED) is 0.542. The molecule has 3 heterocycles. The lowest BCUT2D eigenvalue weighted by Crippen LogP contribution is -2.12. The van der Waals surface area contributed by atoms with Gasteiger partial charge in [-0.3, -0.25) is 4.79 Å². The summed E-state index contributed by atoms with van der Waals surface area (Å²) < 4.78 is 4.21. The molecular weight excluding hydrogens is 374 g/mol. The highest BCUT2D eigenvalue weighted by Crippen LogP contribution is 2.24. The second kappa shape index (κ2) is 7.99. The van der Waals surface area contributed by atoms with E-state index in [1.165, 1.54) is 12.8 Å². The summed E-state index contributed by atoms with van der Waals surface area (Å²) >= 11 is 0. The molecule has 1 aliphatic heterocycles. The molecule has 1 amide bonds. The van der Waals surface area contributed by atoms with Crippen LogP contribution in [0.1, 0.15) is 35.4 Å². The van der Waals surface area contributed by atoms with E-state index >= 15 is 0 Å². The Hall–Kier alpha value is -3.67. The van der Waals surface area contributed by atoms with Gasteiger partial charge >= 0.3 is 0 Å². The number of amides is 1. The summed E-state index contributed by atoms with van der Waals surface area (Å²) in [4.78, 5) is 12.7. The fourth-order valence-corrected chi connectivity index (χ4v) is 3.92. The molecule has 0 aliphatic carbocycles. The van der Waals surface area contributed by atoms with Crippen molar-refractivity contribution in [1.82, 2.24) is 19.3 Å². The zero-order valence-corrected chi connectivity index (χ0v) is 16.7. The first-order chi connectivity index (χ1) is 14.8. The number of aryl methyl sites for hydroxylation is 1. The number of carbonyl (C=O) groups is 1. The summed E-state index contributed by atoms with van der Waals surface area (Å²) in [5, 5.41) is 11.8. The highest BCUT2D eigenvalue weighted by Gasteiger charge is 2.16. The Balaban J connectivity index is 1.33. The molecule has 0 atom stereocenters. The van der Waals surface area contributed by atoms with E-state index in [9.17, 15) is 4.79 Å². The predicted molar refractivity (Wildman–Crippen MR) is 117 cm³/mol. The van der Waals surface area contributed by atoms with Crippen LogP contribution in [0.15, 0.2) is 73.1 Å². The summed E-state index contributed by atoms with van der Waals surface area (Å²) in [5.74, 6) is 1.85. The molecule has 4 aromatic rings. The first-order valence-corrected chi connectivity index (χ1v) is 10.4. The third-order valence-corrected chi connectivity index (χ3v) is 5.52. The fourth-order valence-electron chi connectivity index (χ4n) is 3.92. The van der Waals surface area contributed by atoms with E-state index in [1.807, 2.05) is 77.6 Å². The Kier molecular flexibility index (Phi) is 4.89. The molecule has 0 fully saturated rings. The molecule has 6 nitrogen and oxygen atoms in total. The number of fused-ring (bicyclic) bond motifs is 1. The summed E-state index contributed by atoms with van der Waals surface area (Å²) in [6, 6.07) is 19.3. The van der Waals surface area contributed by atoms with E-state index in [1.54, 1.807) is 0 Å². The van der Waals surface area contributed by atoms with Crippen LogP contribution in [0.25, 0.3) is 17.1 Å². The second-order valence-electron chi connectivity index (χ2n) is 7.57. The number of hydrogen-bond acceptors (Lipinski definition) is 3. The number of carbonyl (C=O) groups excluding carboxylic acids is 1. The van der Waals surface area contributed by atoms with E-state index < -0.39 is 0 Å². The minimum atomic E-state index is -0.131. The van der Waals surface area contributed by atoms with Crippen molar-refractivity contribution in [1.29, 1.82) is 0 Å². The third-order valence-electron chi connectivity index (χ3n) is 5.52. The largest absolute Gasteiger partial charge is 0.324 e. The number of hydrogen-bond donors (Lipinski definition) is 1. The van der Waals surface area contributed by atoms with E-state index in [0.29, 0.717) is 5.56 Å². The maximum absolute atomic E-state index is 12.7. The topological polar surface area (TPSA) is 64.7 Å². The molecule has 5 rings (SSSR count). The van der Waals surface area contributed by atoms with Crippen molar-refractivity contribution in [3.8, 4) is 17.1 Å². The molecule has 6 heteroatoms. The fraction of sp³-hybridized carbons (Fsp3) is 0.208. The molecule has 0 radical (unpaired) electrons. The van der Waals surface area contributed by atoms with Crippen molar-refractivity contribution >= 4 is 11.6 Å². The van der Waals surface area contributed by atoms with E-state index in [2.05, 4.69) is 20.1 Å². The SMILES string of the molecule is O=C(Nc1ccc(-c2nnc3n2CCCCC3)cc1)c1cccc(-n2cccc2)c1. The number of aromatic nitrogens is 4. The molecule has 0 saturated heterocycles. The van der Waals surface area contributed by atoms with Gasteiger partial charge in [0.1, 0.15) is 5.82 Å².